The van der Waals surface area contributed by atoms with Crippen LogP contribution < -0.4 is 5.32 Å². The van der Waals surface area contributed by atoms with Gasteiger partial charge in [-0.15, -0.1) is 0 Å². The monoisotopic (exact) mass is 330 g/mol. The lowest BCUT2D eigenvalue weighted by atomic mass is 9.85. The number of hydrogen-bond acceptors (Lipinski definition) is 3. The SMILES string of the molecule is Cc1cccc(C)c1NCC(=O)N1C(C(=O)O)CC2CCCCC21. The van der Waals surface area contributed by atoms with E-state index in [1.807, 2.05) is 32.0 Å². The molecule has 5 heteroatoms. The van der Waals surface area contributed by atoms with Gasteiger partial charge in [-0.25, -0.2) is 4.79 Å². The first-order valence-corrected chi connectivity index (χ1v) is 8.83. The van der Waals surface area contributed by atoms with Crippen LogP contribution in [0.5, 0.6) is 0 Å². The Balaban J connectivity index is 1.73. The van der Waals surface area contributed by atoms with Gasteiger partial charge in [-0.1, -0.05) is 31.0 Å². The predicted molar refractivity (Wildman–Crippen MR) is 93.0 cm³/mol. The molecule has 1 aromatic carbocycles. The standard InChI is InChI=1S/C19H26N2O3/c1-12-6-5-7-13(2)18(12)20-11-17(22)21-15-9-4-3-8-14(15)10-16(21)19(23)24/h5-7,14-16,20H,3-4,8-11H2,1-2H3,(H,23,24). The van der Waals surface area contributed by atoms with Gasteiger partial charge in [-0.05, 0) is 50.2 Å². The number of hydrogen-bond donors (Lipinski definition) is 2. The Hall–Kier alpha value is -2.04. The topological polar surface area (TPSA) is 69.6 Å². The molecular weight excluding hydrogens is 304 g/mol. The Labute approximate surface area is 143 Å². The van der Waals surface area contributed by atoms with E-state index in [4.69, 9.17) is 0 Å². The highest BCUT2D eigenvalue weighted by atomic mass is 16.4. The first-order chi connectivity index (χ1) is 11.5. The molecule has 1 aromatic rings. The maximum Gasteiger partial charge on any atom is 0.326 e. The number of nitrogens with one attached hydrogen (secondary N) is 1. The van der Waals surface area contributed by atoms with E-state index in [1.54, 1.807) is 4.90 Å². The number of fused-ring (bicyclic) bond motifs is 1. The van der Waals surface area contributed by atoms with Crippen LogP contribution in [-0.4, -0.2) is 40.5 Å². The van der Waals surface area contributed by atoms with Crippen LogP contribution in [0.3, 0.4) is 0 Å². The molecule has 0 bridgehead atoms. The van der Waals surface area contributed by atoms with Gasteiger partial charge in [0.05, 0.1) is 6.54 Å². The molecule has 2 aliphatic rings. The molecule has 2 fully saturated rings. The molecule has 5 nitrogen and oxygen atoms in total. The predicted octanol–water partition coefficient (Wildman–Crippen LogP) is 2.96. The van der Waals surface area contributed by atoms with Gasteiger partial charge in [-0.3, -0.25) is 4.79 Å². The molecule has 1 saturated carbocycles. The quantitative estimate of drug-likeness (QED) is 0.890. The van der Waals surface area contributed by atoms with Gasteiger partial charge >= 0.3 is 5.97 Å². The number of rotatable bonds is 4. The van der Waals surface area contributed by atoms with Crippen molar-refractivity contribution in [2.45, 2.75) is 58.0 Å². The van der Waals surface area contributed by atoms with Gasteiger partial charge in [0.2, 0.25) is 5.91 Å². The number of nitrogens with zero attached hydrogens (tertiary/aromatic N) is 1. The summed E-state index contributed by atoms with van der Waals surface area (Å²) in [6.07, 6.45) is 4.82. The summed E-state index contributed by atoms with van der Waals surface area (Å²) in [6, 6.07) is 5.45. The van der Waals surface area contributed by atoms with Crippen LogP contribution in [0, 0.1) is 19.8 Å². The van der Waals surface area contributed by atoms with Crippen LogP contribution in [0.2, 0.25) is 0 Å². The van der Waals surface area contributed by atoms with Crippen LogP contribution in [0.4, 0.5) is 5.69 Å². The Morgan fingerprint density at radius 1 is 1.21 bits per heavy atom. The van der Waals surface area contributed by atoms with Crippen molar-refractivity contribution in [1.29, 1.82) is 0 Å². The van der Waals surface area contributed by atoms with Gasteiger partial charge in [0.25, 0.3) is 0 Å². The van der Waals surface area contributed by atoms with E-state index in [0.29, 0.717) is 12.3 Å². The molecule has 3 rings (SSSR count). The van der Waals surface area contributed by atoms with E-state index < -0.39 is 12.0 Å². The second kappa shape index (κ2) is 6.83. The van der Waals surface area contributed by atoms with Gasteiger partial charge < -0.3 is 15.3 Å². The molecule has 3 atom stereocenters. The zero-order valence-corrected chi connectivity index (χ0v) is 14.4. The Morgan fingerprint density at radius 2 is 1.88 bits per heavy atom. The third kappa shape index (κ3) is 3.12. The fraction of sp³-hybridized carbons (Fsp3) is 0.579. The first kappa shape index (κ1) is 16.8. The molecule has 1 amide bonds. The van der Waals surface area contributed by atoms with Crippen molar-refractivity contribution in [2.24, 2.45) is 5.92 Å². The van der Waals surface area contributed by atoms with E-state index in [1.165, 1.54) is 0 Å². The summed E-state index contributed by atoms with van der Waals surface area (Å²) in [6.45, 7) is 4.17. The number of likely N-dealkylation sites (tertiary alicyclic amines) is 1. The number of anilines is 1. The van der Waals surface area contributed by atoms with Crippen LogP contribution in [-0.2, 0) is 9.59 Å². The van der Waals surface area contributed by atoms with Crippen LogP contribution in [0.1, 0.15) is 43.2 Å². The summed E-state index contributed by atoms with van der Waals surface area (Å²) in [7, 11) is 0. The van der Waals surface area contributed by atoms with Gasteiger partial charge in [0, 0.05) is 11.7 Å². The average Bonchev–Trinajstić information content (AvgIpc) is 2.94. The van der Waals surface area contributed by atoms with Gasteiger partial charge in [0.15, 0.2) is 0 Å². The zero-order chi connectivity index (χ0) is 17.3. The molecule has 0 aromatic heterocycles. The summed E-state index contributed by atoms with van der Waals surface area (Å²) >= 11 is 0. The fourth-order valence-electron chi connectivity index (χ4n) is 4.39. The van der Waals surface area contributed by atoms with Gasteiger partial charge in [-0.2, -0.15) is 0 Å². The average molecular weight is 330 g/mol. The molecule has 130 valence electrons. The first-order valence-electron chi connectivity index (χ1n) is 8.83. The second-order valence-electron chi connectivity index (χ2n) is 7.12. The van der Waals surface area contributed by atoms with Crippen molar-refractivity contribution in [3.63, 3.8) is 0 Å². The zero-order valence-electron chi connectivity index (χ0n) is 14.4. The van der Waals surface area contributed by atoms with Gasteiger partial charge in [0.1, 0.15) is 6.04 Å². The lowest BCUT2D eigenvalue weighted by molar-refractivity contribution is -0.149. The van der Waals surface area contributed by atoms with E-state index in [0.717, 1.165) is 42.5 Å². The largest absolute Gasteiger partial charge is 0.480 e. The van der Waals surface area contributed by atoms with Crippen molar-refractivity contribution in [3.8, 4) is 0 Å². The molecule has 1 aliphatic carbocycles. The smallest absolute Gasteiger partial charge is 0.326 e. The summed E-state index contributed by atoms with van der Waals surface area (Å²) in [4.78, 5) is 26.1. The van der Waals surface area contributed by atoms with E-state index in [9.17, 15) is 14.7 Å². The molecule has 1 saturated heterocycles. The van der Waals surface area contributed by atoms with Crippen molar-refractivity contribution in [2.75, 3.05) is 11.9 Å². The second-order valence-corrected chi connectivity index (χ2v) is 7.12. The van der Waals surface area contributed by atoms with Crippen molar-refractivity contribution >= 4 is 17.6 Å². The molecular formula is C19H26N2O3. The summed E-state index contributed by atoms with van der Waals surface area (Å²) in [5.74, 6) is -0.617. The number of aliphatic carboxylic acids is 1. The van der Waals surface area contributed by atoms with E-state index in [2.05, 4.69) is 5.32 Å². The number of benzene rings is 1. The minimum absolute atomic E-state index is 0.0977. The summed E-state index contributed by atoms with van der Waals surface area (Å²) < 4.78 is 0. The summed E-state index contributed by atoms with van der Waals surface area (Å²) in [5.41, 5.74) is 3.15. The molecule has 3 unspecified atom stereocenters. The van der Waals surface area contributed by atoms with Crippen molar-refractivity contribution in [3.05, 3.63) is 29.3 Å². The number of aryl methyl sites for hydroxylation is 2. The fourth-order valence-corrected chi connectivity index (χ4v) is 4.39. The number of amides is 1. The molecule has 0 radical (unpaired) electrons. The highest BCUT2D eigenvalue weighted by Gasteiger charge is 2.47. The number of para-hydroxylation sites is 1. The molecule has 1 heterocycles. The normalized spacial score (nSPS) is 26.1. The third-order valence-corrected chi connectivity index (χ3v) is 5.56. The Bertz CT molecular complexity index is 623. The number of carboxylic acids is 1. The van der Waals surface area contributed by atoms with E-state index >= 15 is 0 Å². The van der Waals surface area contributed by atoms with Crippen LogP contribution in [0.15, 0.2) is 18.2 Å². The maximum atomic E-state index is 12.8. The third-order valence-electron chi connectivity index (χ3n) is 5.56. The van der Waals surface area contributed by atoms with Crippen LogP contribution >= 0.6 is 0 Å². The number of carbonyl (C=O) groups is 2. The number of carboxylic acid groups (broad SMARTS) is 1. The maximum absolute atomic E-state index is 12.8. The molecule has 2 N–H and O–H groups in total. The van der Waals surface area contributed by atoms with Crippen molar-refractivity contribution < 1.29 is 14.7 Å². The van der Waals surface area contributed by atoms with E-state index in [-0.39, 0.29) is 18.5 Å². The minimum atomic E-state index is -0.871. The Kier molecular flexibility index (Phi) is 4.78. The van der Waals surface area contributed by atoms with Crippen LogP contribution in [0.25, 0.3) is 0 Å². The lowest BCUT2D eigenvalue weighted by Crippen LogP contribution is -2.48. The van der Waals surface area contributed by atoms with Crippen molar-refractivity contribution in [1.82, 2.24) is 4.90 Å². The Morgan fingerprint density at radius 3 is 2.54 bits per heavy atom. The molecule has 24 heavy (non-hydrogen) atoms. The number of carbonyl (C=O) groups excluding carboxylic acids is 1. The summed E-state index contributed by atoms with van der Waals surface area (Å²) in [5, 5.41) is 12.8. The lowest BCUT2D eigenvalue weighted by Gasteiger charge is -2.33. The minimum Gasteiger partial charge on any atom is -0.480 e. The molecule has 1 aliphatic heterocycles. The highest BCUT2D eigenvalue weighted by molar-refractivity contribution is 5.87. The molecule has 0 spiro atoms. The highest BCUT2D eigenvalue weighted by Crippen LogP contribution is 2.39.